The van der Waals surface area contributed by atoms with E-state index in [0.717, 1.165) is 22.4 Å². The van der Waals surface area contributed by atoms with E-state index in [9.17, 15) is 14.4 Å². The predicted molar refractivity (Wildman–Crippen MR) is 190 cm³/mol. The van der Waals surface area contributed by atoms with Crippen molar-refractivity contribution >= 4 is 35.3 Å². The van der Waals surface area contributed by atoms with Crippen LogP contribution in [0.15, 0.2) is 145 Å². The molecule has 0 aliphatic rings. The molecule has 0 aliphatic carbocycles. The van der Waals surface area contributed by atoms with E-state index in [2.05, 4.69) is 21.2 Å². The summed E-state index contributed by atoms with van der Waals surface area (Å²) < 4.78 is 7.65. The van der Waals surface area contributed by atoms with Gasteiger partial charge in [-0.1, -0.05) is 72.8 Å². The minimum absolute atomic E-state index is 0.180. The molecular weight excluding hydrogens is 616 g/mol. The molecule has 1 aromatic heterocycles. The molecule has 0 fully saturated rings. The number of aromatic nitrogens is 2. The highest BCUT2D eigenvalue weighted by Crippen LogP contribution is 2.26. The third kappa shape index (κ3) is 8.32. The molecule has 5 aromatic carbocycles. The summed E-state index contributed by atoms with van der Waals surface area (Å²) in [5, 5.41) is 14.2. The fourth-order valence-electron chi connectivity index (χ4n) is 4.97. The Balaban J connectivity index is 1.14. The van der Waals surface area contributed by atoms with Gasteiger partial charge in [0.25, 0.3) is 5.91 Å². The summed E-state index contributed by atoms with van der Waals surface area (Å²) in [6.07, 6.45) is 3.21. The van der Waals surface area contributed by atoms with Crippen molar-refractivity contribution in [3.63, 3.8) is 0 Å². The molecule has 6 aromatic rings. The summed E-state index contributed by atoms with van der Waals surface area (Å²) in [5.41, 5.74) is 8.15. The van der Waals surface area contributed by atoms with E-state index in [1.165, 1.54) is 6.21 Å². The number of hydrogen-bond donors (Lipinski definition) is 3. The lowest BCUT2D eigenvalue weighted by Gasteiger charge is -2.11. The van der Waals surface area contributed by atoms with Gasteiger partial charge in [0.05, 0.1) is 23.2 Å². The normalized spacial score (nSPS) is 10.8. The van der Waals surface area contributed by atoms with Crippen LogP contribution in [-0.2, 0) is 16.2 Å². The number of rotatable bonds is 10. The number of nitrogens with zero attached hydrogens (tertiary/aromatic N) is 3. The molecule has 6 rings (SSSR count). The predicted octanol–water partition coefficient (Wildman–Crippen LogP) is 6.77. The maximum Gasteiger partial charge on any atom is 0.329 e. The fourth-order valence-corrected chi connectivity index (χ4v) is 4.97. The van der Waals surface area contributed by atoms with Crippen molar-refractivity contribution in [2.75, 3.05) is 10.6 Å². The van der Waals surface area contributed by atoms with Crippen molar-refractivity contribution in [1.82, 2.24) is 15.2 Å². The Hall–Kier alpha value is -6.81. The summed E-state index contributed by atoms with van der Waals surface area (Å²) in [6, 6.07) is 40.8. The maximum absolute atomic E-state index is 13.0. The third-order valence-electron chi connectivity index (χ3n) is 7.41. The zero-order chi connectivity index (χ0) is 34.0. The molecule has 3 amide bonds. The van der Waals surface area contributed by atoms with Crippen LogP contribution in [0.4, 0.5) is 11.4 Å². The number of hydrazone groups is 1. The van der Waals surface area contributed by atoms with Gasteiger partial charge in [0, 0.05) is 23.0 Å². The molecule has 0 bridgehead atoms. The number of amides is 3. The van der Waals surface area contributed by atoms with Crippen LogP contribution in [-0.4, -0.2) is 33.7 Å². The Morgan fingerprint density at radius 2 is 1.49 bits per heavy atom. The zero-order valence-electron chi connectivity index (χ0n) is 26.5. The number of anilines is 2. The summed E-state index contributed by atoms with van der Waals surface area (Å²) in [4.78, 5) is 38.6. The van der Waals surface area contributed by atoms with Gasteiger partial charge in [0.2, 0.25) is 0 Å². The van der Waals surface area contributed by atoms with E-state index in [-0.39, 0.29) is 11.3 Å². The number of benzene rings is 5. The number of ether oxygens (including phenoxy) is 1. The molecular formula is C39H32N6O4. The van der Waals surface area contributed by atoms with Gasteiger partial charge in [-0.2, -0.15) is 10.2 Å². The molecule has 10 nitrogen and oxygen atoms in total. The first-order valence-corrected chi connectivity index (χ1v) is 15.5. The second-order valence-corrected chi connectivity index (χ2v) is 11.0. The smallest absolute Gasteiger partial charge is 0.329 e. The largest absolute Gasteiger partial charge is 0.489 e. The van der Waals surface area contributed by atoms with Crippen LogP contribution in [0.2, 0.25) is 0 Å². The molecule has 49 heavy (non-hydrogen) atoms. The van der Waals surface area contributed by atoms with Gasteiger partial charge in [0.1, 0.15) is 18.1 Å². The molecule has 0 spiro atoms. The molecule has 0 atom stereocenters. The van der Waals surface area contributed by atoms with E-state index in [4.69, 9.17) is 9.84 Å². The van der Waals surface area contributed by atoms with Crippen molar-refractivity contribution in [3.05, 3.63) is 162 Å². The van der Waals surface area contributed by atoms with Gasteiger partial charge in [-0.25, -0.2) is 10.1 Å². The van der Waals surface area contributed by atoms with Crippen LogP contribution >= 0.6 is 0 Å². The second kappa shape index (κ2) is 15.2. The molecule has 0 radical (unpaired) electrons. The minimum atomic E-state index is -1.01. The third-order valence-corrected chi connectivity index (χ3v) is 7.41. The SMILES string of the molecule is Cc1cccc(NC(=O)c2ccccc2NC(=O)C(=O)N/N=C\c2cn(-c3ccccc3)nc2-c2ccc(OCc3ccccc3)cc2)c1. The fraction of sp³-hybridized carbons (Fsp3) is 0.0513. The molecule has 0 unspecified atom stereocenters. The molecule has 0 saturated carbocycles. The first-order valence-electron chi connectivity index (χ1n) is 15.5. The van der Waals surface area contributed by atoms with Gasteiger partial charge in [-0.05, 0) is 78.7 Å². The number of para-hydroxylation sites is 2. The Morgan fingerprint density at radius 1 is 0.776 bits per heavy atom. The number of nitrogens with one attached hydrogen (secondary N) is 3. The lowest BCUT2D eigenvalue weighted by molar-refractivity contribution is -0.136. The second-order valence-electron chi connectivity index (χ2n) is 11.0. The number of aryl methyl sites for hydroxylation is 1. The van der Waals surface area contributed by atoms with E-state index in [1.807, 2.05) is 110 Å². The highest BCUT2D eigenvalue weighted by Gasteiger charge is 2.18. The van der Waals surface area contributed by atoms with Gasteiger partial charge < -0.3 is 15.4 Å². The summed E-state index contributed by atoms with van der Waals surface area (Å²) in [5.74, 6) is -1.72. The van der Waals surface area contributed by atoms with E-state index < -0.39 is 17.7 Å². The Kier molecular flexibility index (Phi) is 9.96. The minimum Gasteiger partial charge on any atom is -0.489 e. The first-order chi connectivity index (χ1) is 23.9. The Bertz CT molecular complexity index is 2110. The maximum atomic E-state index is 13.0. The topological polar surface area (TPSA) is 127 Å². The first kappa shape index (κ1) is 32.1. The van der Waals surface area contributed by atoms with Crippen molar-refractivity contribution < 1.29 is 19.1 Å². The van der Waals surface area contributed by atoms with Crippen LogP contribution in [0.1, 0.15) is 27.0 Å². The lowest BCUT2D eigenvalue weighted by Crippen LogP contribution is -2.33. The van der Waals surface area contributed by atoms with Gasteiger partial charge in [-0.15, -0.1) is 0 Å². The average molecular weight is 649 g/mol. The standard InChI is InChI=1S/C39H32N6O4/c1-27-11-10-14-31(23-27)41-37(46)34-17-8-9-18-35(34)42-38(47)39(48)43-40-24-30-25-45(32-15-6-3-7-16-32)44-36(30)29-19-21-33(22-20-29)49-26-28-12-4-2-5-13-28/h2-25H,26H2,1H3,(H,41,46)(H,42,47)(H,43,48)/b40-24-. The number of hydrogen-bond acceptors (Lipinski definition) is 6. The lowest BCUT2D eigenvalue weighted by atomic mass is 10.1. The van der Waals surface area contributed by atoms with Crippen LogP contribution in [0, 0.1) is 6.92 Å². The van der Waals surface area contributed by atoms with Gasteiger partial charge in [-0.3, -0.25) is 14.4 Å². The summed E-state index contributed by atoms with van der Waals surface area (Å²) in [7, 11) is 0. The van der Waals surface area contributed by atoms with Crippen LogP contribution in [0.5, 0.6) is 5.75 Å². The van der Waals surface area contributed by atoms with Gasteiger partial charge in [0.15, 0.2) is 0 Å². The molecule has 0 saturated heterocycles. The van der Waals surface area contributed by atoms with Crippen molar-refractivity contribution in [3.8, 4) is 22.7 Å². The number of carbonyl (C=O) groups excluding carboxylic acids is 3. The molecule has 0 aliphatic heterocycles. The Labute approximate surface area is 283 Å². The molecule has 3 N–H and O–H groups in total. The van der Waals surface area contributed by atoms with Crippen molar-refractivity contribution in [2.45, 2.75) is 13.5 Å². The van der Waals surface area contributed by atoms with Crippen LogP contribution < -0.4 is 20.8 Å². The van der Waals surface area contributed by atoms with E-state index in [0.29, 0.717) is 29.3 Å². The van der Waals surface area contributed by atoms with E-state index >= 15 is 0 Å². The van der Waals surface area contributed by atoms with Gasteiger partial charge >= 0.3 is 11.8 Å². The molecule has 10 heteroatoms. The molecule has 242 valence electrons. The highest BCUT2D eigenvalue weighted by atomic mass is 16.5. The van der Waals surface area contributed by atoms with E-state index in [1.54, 1.807) is 41.2 Å². The Morgan fingerprint density at radius 3 is 2.24 bits per heavy atom. The number of carbonyl (C=O) groups is 3. The average Bonchev–Trinajstić information content (AvgIpc) is 3.56. The van der Waals surface area contributed by atoms with Crippen LogP contribution in [0.25, 0.3) is 16.9 Å². The monoisotopic (exact) mass is 648 g/mol. The highest BCUT2D eigenvalue weighted by molar-refractivity contribution is 6.40. The van der Waals surface area contributed by atoms with Crippen molar-refractivity contribution in [1.29, 1.82) is 0 Å². The quantitative estimate of drug-likeness (QED) is 0.0859. The van der Waals surface area contributed by atoms with Crippen LogP contribution in [0.3, 0.4) is 0 Å². The van der Waals surface area contributed by atoms with Crippen molar-refractivity contribution in [2.24, 2.45) is 5.10 Å². The summed E-state index contributed by atoms with van der Waals surface area (Å²) in [6.45, 7) is 2.36. The zero-order valence-corrected chi connectivity index (χ0v) is 26.5. The molecule has 1 heterocycles. The summed E-state index contributed by atoms with van der Waals surface area (Å²) >= 11 is 0.